The zero-order chi connectivity index (χ0) is 12.3. The van der Waals surface area contributed by atoms with Crippen LogP contribution >= 0.6 is 0 Å². The van der Waals surface area contributed by atoms with Crippen molar-refractivity contribution in [1.82, 2.24) is 4.98 Å². The molecule has 3 nitrogen and oxygen atoms in total. The van der Waals surface area contributed by atoms with Crippen LogP contribution in [0.15, 0.2) is 18.3 Å². The van der Waals surface area contributed by atoms with Gasteiger partial charge in [-0.15, -0.1) is 0 Å². The fraction of sp³-hybridized carbons (Fsp3) is 0.615. The molecule has 1 aromatic heterocycles. The van der Waals surface area contributed by atoms with Crippen LogP contribution in [0.3, 0.4) is 0 Å². The van der Waals surface area contributed by atoms with Crippen LogP contribution in [0.5, 0.6) is 0 Å². The molecule has 0 aromatic carbocycles. The third-order valence-electron chi connectivity index (χ3n) is 2.38. The first-order valence-electron chi connectivity index (χ1n) is 5.73. The fourth-order valence-electron chi connectivity index (χ4n) is 1.87. The molecule has 16 heavy (non-hydrogen) atoms. The molecule has 1 rings (SSSR count). The van der Waals surface area contributed by atoms with E-state index in [0.717, 1.165) is 17.9 Å². The number of aromatic nitrogens is 1. The Morgan fingerprint density at radius 1 is 1.44 bits per heavy atom. The van der Waals surface area contributed by atoms with E-state index >= 15 is 0 Å². The number of hydrogen-bond acceptors (Lipinski definition) is 3. The van der Waals surface area contributed by atoms with Gasteiger partial charge in [-0.1, -0.05) is 26.8 Å². The lowest BCUT2D eigenvalue weighted by atomic mass is 9.96. The van der Waals surface area contributed by atoms with Crippen LogP contribution in [0.4, 0.5) is 5.82 Å². The van der Waals surface area contributed by atoms with E-state index in [-0.39, 0.29) is 11.5 Å². The number of anilines is 1. The number of pyridine rings is 1. The van der Waals surface area contributed by atoms with Crippen LogP contribution in [0.25, 0.3) is 0 Å². The third kappa shape index (κ3) is 3.49. The Kier molecular flexibility index (Phi) is 3.92. The Labute approximate surface area is 98.7 Å². The highest BCUT2D eigenvalue weighted by molar-refractivity contribution is 5.47. The van der Waals surface area contributed by atoms with E-state index in [1.807, 2.05) is 25.3 Å². The average Bonchev–Trinajstić information content (AvgIpc) is 2.15. The predicted octanol–water partition coefficient (Wildman–Crippen LogP) is 2.58. The molecule has 0 spiro atoms. The Morgan fingerprint density at radius 2 is 2.06 bits per heavy atom. The first-order valence-corrected chi connectivity index (χ1v) is 5.73. The Morgan fingerprint density at radius 3 is 2.56 bits per heavy atom. The number of hydrogen-bond donors (Lipinski definition) is 1. The molecule has 0 radical (unpaired) electrons. The highest BCUT2D eigenvalue weighted by atomic mass is 15.2. The van der Waals surface area contributed by atoms with Gasteiger partial charge in [-0.2, -0.15) is 0 Å². The summed E-state index contributed by atoms with van der Waals surface area (Å²) in [5.41, 5.74) is 7.31. The molecule has 1 atom stereocenters. The number of nitrogens with zero attached hydrogens (tertiary/aromatic N) is 2. The van der Waals surface area contributed by atoms with Crippen LogP contribution in [0, 0.1) is 5.41 Å². The summed E-state index contributed by atoms with van der Waals surface area (Å²) in [5, 5.41) is 0. The van der Waals surface area contributed by atoms with Crippen LogP contribution < -0.4 is 10.6 Å². The topological polar surface area (TPSA) is 42.1 Å². The molecule has 0 amide bonds. The van der Waals surface area contributed by atoms with Crippen molar-refractivity contribution in [3.8, 4) is 0 Å². The third-order valence-corrected chi connectivity index (χ3v) is 2.38. The second kappa shape index (κ2) is 4.83. The molecule has 1 aromatic rings. The number of rotatable bonds is 3. The van der Waals surface area contributed by atoms with Crippen molar-refractivity contribution in [2.24, 2.45) is 11.1 Å². The minimum absolute atomic E-state index is 0.0196. The molecule has 3 heteroatoms. The molecular weight excluding hydrogens is 198 g/mol. The smallest absolute Gasteiger partial charge is 0.133 e. The van der Waals surface area contributed by atoms with E-state index in [1.165, 1.54) is 0 Å². The van der Waals surface area contributed by atoms with Crippen molar-refractivity contribution in [3.05, 3.63) is 23.9 Å². The predicted molar refractivity (Wildman–Crippen MR) is 69.6 cm³/mol. The summed E-state index contributed by atoms with van der Waals surface area (Å²) in [6.45, 7) is 9.61. The minimum atomic E-state index is 0.0196. The Bertz CT molecular complexity index is 339. The van der Waals surface area contributed by atoms with Gasteiger partial charge in [0.15, 0.2) is 0 Å². The van der Waals surface area contributed by atoms with Gasteiger partial charge in [-0.05, 0) is 18.4 Å². The molecule has 0 saturated carbocycles. The minimum Gasteiger partial charge on any atom is -0.359 e. The van der Waals surface area contributed by atoms with Gasteiger partial charge in [0.1, 0.15) is 5.82 Å². The molecule has 0 fully saturated rings. The second-order valence-corrected chi connectivity index (χ2v) is 5.62. The van der Waals surface area contributed by atoms with Crippen molar-refractivity contribution in [1.29, 1.82) is 0 Å². The first kappa shape index (κ1) is 13.0. The summed E-state index contributed by atoms with van der Waals surface area (Å²) in [6, 6.07) is 4.00. The molecule has 2 N–H and O–H groups in total. The van der Waals surface area contributed by atoms with Crippen molar-refractivity contribution in [2.75, 3.05) is 18.5 Å². The van der Waals surface area contributed by atoms with E-state index in [9.17, 15) is 0 Å². The maximum Gasteiger partial charge on any atom is 0.133 e. The van der Waals surface area contributed by atoms with Gasteiger partial charge in [-0.3, -0.25) is 0 Å². The zero-order valence-electron chi connectivity index (χ0n) is 11.0. The normalized spacial score (nSPS) is 13.6. The van der Waals surface area contributed by atoms with Crippen LogP contribution in [0.2, 0.25) is 0 Å². The maximum absolute atomic E-state index is 5.95. The highest BCUT2D eigenvalue weighted by Crippen LogP contribution is 2.24. The van der Waals surface area contributed by atoms with Crippen LogP contribution in [-0.2, 0) is 0 Å². The van der Waals surface area contributed by atoms with E-state index in [4.69, 9.17) is 5.73 Å². The number of nitrogens with two attached hydrogens (primary N) is 1. The largest absolute Gasteiger partial charge is 0.359 e. The SMILES string of the molecule is C[C@H](N)c1cccnc1N(C)CC(C)(C)C. The average molecular weight is 221 g/mol. The lowest BCUT2D eigenvalue weighted by Gasteiger charge is -2.29. The second-order valence-electron chi connectivity index (χ2n) is 5.62. The molecule has 0 aliphatic carbocycles. The quantitative estimate of drug-likeness (QED) is 0.853. The molecular formula is C13H23N3. The summed E-state index contributed by atoms with van der Waals surface area (Å²) in [6.07, 6.45) is 1.82. The first-order chi connectivity index (χ1) is 7.31. The van der Waals surface area contributed by atoms with Gasteiger partial charge in [0.2, 0.25) is 0 Å². The van der Waals surface area contributed by atoms with Crippen LogP contribution in [-0.4, -0.2) is 18.6 Å². The standard InChI is InChI=1S/C13H23N3/c1-10(14)11-7-6-8-15-12(11)16(5)9-13(2,3)4/h6-8,10H,9,14H2,1-5H3/t10-/m0/s1. The van der Waals surface area contributed by atoms with Gasteiger partial charge in [0, 0.05) is 31.4 Å². The molecule has 0 bridgehead atoms. The monoisotopic (exact) mass is 221 g/mol. The zero-order valence-corrected chi connectivity index (χ0v) is 11.0. The Hall–Kier alpha value is -1.09. The molecule has 1 heterocycles. The molecule has 0 saturated heterocycles. The van der Waals surface area contributed by atoms with Gasteiger partial charge >= 0.3 is 0 Å². The van der Waals surface area contributed by atoms with Crippen molar-refractivity contribution in [2.45, 2.75) is 33.7 Å². The van der Waals surface area contributed by atoms with Crippen molar-refractivity contribution >= 4 is 5.82 Å². The highest BCUT2D eigenvalue weighted by Gasteiger charge is 2.17. The molecule has 0 unspecified atom stereocenters. The molecule has 0 aliphatic rings. The van der Waals surface area contributed by atoms with E-state index in [0.29, 0.717) is 0 Å². The van der Waals surface area contributed by atoms with E-state index < -0.39 is 0 Å². The van der Waals surface area contributed by atoms with Gasteiger partial charge in [0.25, 0.3) is 0 Å². The summed E-state index contributed by atoms with van der Waals surface area (Å²) in [5.74, 6) is 0.993. The molecule has 90 valence electrons. The van der Waals surface area contributed by atoms with Gasteiger partial charge in [-0.25, -0.2) is 4.98 Å². The maximum atomic E-state index is 5.95. The van der Waals surface area contributed by atoms with E-state index in [1.54, 1.807) is 0 Å². The van der Waals surface area contributed by atoms with Gasteiger partial charge in [0.05, 0.1) is 0 Å². The van der Waals surface area contributed by atoms with Crippen molar-refractivity contribution < 1.29 is 0 Å². The van der Waals surface area contributed by atoms with Crippen LogP contribution in [0.1, 0.15) is 39.3 Å². The summed E-state index contributed by atoms with van der Waals surface area (Å²) in [7, 11) is 2.07. The summed E-state index contributed by atoms with van der Waals surface area (Å²) in [4.78, 5) is 6.61. The molecule has 0 aliphatic heterocycles. The van der Waals surface area contributed by atoms with Crippen molar-refractivity contribution in [3.63, 3.8) is 0 Å². The fourth-order valence-corrected chi connectivity index (χ4v) is 1.87. The summed E-state index contributed by atoms with van der Waals surface area (Å²) < 4.78 is 0. The summed E-state index contributed by atoms with van der Waals surface area (Å²) >= 11 is 0. The lowest BCUT2D eigenvalue weighted by Crippen LogP contribution is -2.31. The van der Waals surface area contributed by atoms with Gasteiger partial charge < -0.3 is 10.6 Å². The van der Waals surface area contributed by atoms with E-state index in [2.05, 4.69) is 37.7 Å². The lowest BCUT2D eigenvalue weighted by molar-refractivity contribution is 0.417. The Balaban J connectivity index is 2.95.